The molecule has 3 aliphatic rings. The average Bonchev–Trinajstić information content (AvgIpc) is 3.46. The lowest BCUT2D eigenvalue weighted by atomic mass is 9.77. The van der Waals surface area contributed by atoms with E-state index in [1.54, 1.807) is 30.5 Å². The first-order chi connectivity index (χ1) is 18.9. The fraction of sp³-hybridized carbons (Fsp3) is 0.357. The maximum Gasteiger partial charge on any atom is 0.262 e. The number of nitrogens with zero attached hydrogens (tertiary/aromatic N) is 4. The Hall–Kier alpha value is -4.05. The van der Waals surface area contributed by atoms with Gasteiger partial charge in [-0.1, -0.05) is 11.6 Å². The lowest BCUT2D eigenvalue weighted by Gasteiger charge is -2.35. The first-order valence-corrected chi connectivity index (χ1v) is 13.5. The second kappa shape index (κ2) is 10.3. The van der Waals surface area contributed by atoms with Crippen LogP contribution in [0.1, 0.15) is 65.3 Å². The van der Waals surface area contributed by atoms with Crippen LogP contribution in [0.25, 0.3) is 11.3 Å². The smallest absolute Gasteiger partial charge is 0.262 e. The number of nitrogens with one attached hydrogen (secondary N) is 2. The topological polar surface area (TPSA) is 126 Å². The molecule has 10 nitrogen and oxygen atoms in total. The Balaban J connectivity index is 0.975. The maximum absolute atomic E-state index is 13.0. The Morgan fingerprint density at radius 2 is 1.87 bits per heavy atom. The predicted octanol–water partition coefficient (Wildman–Crippen LogP) is 3.84. The van der Waals surface area contributed by atoms with Crippen molar-refractivity contribution < 1.29 is 19.2 Å². The van der Waals surface area contributed by atoms with Crippen molar-refractivity contribution in [3.63, 3.8) is 0 Å². The molecule has 1 saturated heterocycles. The van der Waals surface area contributed by atoms with Crippen LogP contribution in [0.5, 0.6) is 0 Å². The number of fused-ring (bicyclic) bond motifs is 1. The molecule has 0 bridgehead atoms. The number of aromatic nitrogens is 3. The SMILES string of the molecule is O=C1CCC(N2C(=O)c3ccc(NCCC[C@H]4C[C@H](n5cc(-c6cc(Cl)ccn6)cn5)C4)cc3C2=O)C(=O)N1. The van der Waals surface area contributed by atoms with Crippen LogP contribution in [0.4, 0.5) is 5.69 Å². The lowest BCUT2D eigenvalue weighted by Crippen LogP contribution is -2.54. The van der Waals surface area contributed by atoms with E-state index in [2.05, 4.69) is 20.7 Å². The highest BCUT2D eigenvalue weighted by Crippen LogP contribution is 2.40. The summed E-state index contributed by atoms with van der Waals surface area (Å²) in [6, 6.07) is 8.10. The van der Waals surface area contributed by atoms with E-state index in [0.717, 1.165) is 54.1 Å². The van der Waals surface area contributed by atoms with Crippen molar-refractivity contribution >= 4 is 40.9 Å². The molecule has 200 valence electrons. The van der Waals surface area contributed by atoms with Crippen molar-refractivity contribution in [1.82, 2.24) is 25.0 Å². The van der Waals surface area contributed by atoms with Crippen LogP contribution in [0.2, 0.25) is 5.02 Å². The van der Waals surface area contributed by atoms with Gasteiger partial charge in [-0.25, -0.2) is 0 Å². The lowest BCUT2D eigenvalue weighted by molar-refractivity contribution is -0.136. The first-order valence-electron chi connectivity index (χ1n) is 13.1. The molecule has 0 radical (unpaired) electrons. The molecule has 1 atom stereocenters. The molecule has 2 aromatic heterocycles. The molecule has 1 saturated carbocycles. The van der Waals surface area contributed by atoms with Crippen molar-refractivity contribution in [2.75, 3.05) is 11.9 Å². The standard InChI is InChI=1S/C28H27ClN6O4/c29-18-7-9-31-23(12-18)17-14-32-34(15-17)20-10-16(11-20)2-1-8-30-19-3-4-21-22(13-19)28(39)35(27(21)38)24-5-6-25(36)33-26(24)37/h3-4,7,9,12-16,20,24,30H,1-2,5-6,8,10-11H2,(H,33,36,37)/t16-,20-,24?. The van der Waals surface area contributed by atoms with Crippen LogP contribution in [0, 0.1) is 5.92 Å². The number of anilines is 1. The van der Waals surface area contributed by atoms with Crippen LogP contribution < -0.4 is 10.6 Å². The predicted molar refractivity (Wildman–Crippen MR) is 143 cm³/mol. The summed E-state index contributed by atoms with van der Waals surface area (Å²) < 4.78 is 2.02. The highest BCUT2D eigenvalue weighted by Gasteiger charge is 2.44. The van der Waals surface area contributed by atoms with Gasteiger partial charge in [0.25, 0.3) is 11.8 Å². The number of hydrogen-bond acceptors (Lipinski definition) is 7. The second-order valence-corrected chi connectivity index (χ2v) is 10.8. The number of piperidine rings is 1. The van der Waals surface area contributed by atoms with Gasteiger partial charge < -0.3 is 5.32 Å². The van der Waals surface area contributed by atoms with Crippen LogP contribution in [0.3, 0.4) is 0 Å². The number of pyridine rings is 1. The van der Waals surface area contributed by atoms with Gasteiger partial charge >= 0.3 is 0 Å². The molecule has 39 heavy (non-hydrogen) atoms. The fourth-order valence-electron chi connectivity index (χ4n) is 5.59. The second-order valence-electron chi connectivity index (χ2n) is 10.3. The van der Waals surface area contributed by atoms with Crippen LogP contribution >= 0.6 is 11.6 Å². The molecule has 4 heterocycles. The van der Waals surface area contributed by atoms with Gasteiger partial charge in [0.15, 0.2) is 0 Å². The summed E-state index contributed by atoms with van der Waals surface area (Å²) in [4.78, 5) is 54.9. The van der Waals surface area contributed by atoms with E-state index in [1.807, 2.05) is 23.1 Å². The molecule has 1 aromatic carbocycles. The summed E-state index contributed by atoms with van der Waals surface area (Å²) in [5.41, 5.74) is 3.09. The number of rotatable bonds is 8. The van der Waals surface area contributed by atoms with E-state index >= 15 is 0 Å². The van der Waals surface area contributed by atoms with Crippen LogP contribution in [-0.2, 0) is 9.59 Å². The van der Waals surface area contributed by atoms with Crippen molar-refractivity contribution in [2.45, 2.75) is 50.6 Å². The van der Waals surface area contributed by atoms with Crippen molar-refractivity contribution in [2.24, 2.45) is 5.92 Å². The number of carbonyl (C=O) groups excluding carboxylic acids is 4. The molecule has 1 unspecified atom stereocenters. The number of amides is 4. The molecule has 2 N–H and O–H groups in total. The Morgan fingerprint density at radius 3 is 2.67 bits per heavy atom. The van der Waals surface area contributed by atoms with Gasteiger partial charge in [-0.2, -0.15) is 5.10 Å². The van der Waals surface area contributed by atoms with Crippen molar-refractivity contribution in [3.8, 4) is 11.3 Å². The third kappa shape index (κ3) is 4.92. The minimum absolute atomic E-state index is 0.0990. The van der Waals surface area contributed by atoms with Crippen molar-refractivity contribution in [3.05, 3.63) is 65.1 Å². The summed E-state index contributed by atoms with van der Waals surface area (Å²) in [7, 11) is 0. The Bertz CT molecular complexity index is 1480. The normalized spacial score (nSPS) is 22.5. The fourth-order valence-corrected chi connectivity index (χ4v) is 5.75. The molecule has 2 fully saturated rings. The third-order valence-corrected chi connectivity index (χ3v) is 8.00. The number of hydrogen-bond donors (Lipinski definition) is 2. The van der Waals surface area contributed by atoms with Crippen LogP contribution in [-0.4, -0.2) is 55.9 Å². The van der Waals surface area contributed by atoms with Gasteiger partial charge in [-0.05, 0) is 68.4 Å². The summed E-state index contributed by atoms with van der Waals surface area (Å²) in [5.74, 6) is -1.36. The largest absolute Gasteiger partial charge is 0.385 e. The molecule has 3 aromatic rings. The summed E-state index contributed by atoms with van der Waals surface area (Å²) in [6.45, 7) is 0.741. The summed E-state index contributed by atoms with van der Waals surface area (Å²) >= 11 is 6.08. The number of benzene rings is 1. The molecule has 2 aliphatic heterocycles. The van der Waals surface area contributed by atoms with Crippen molar-refractivity contribution in [1.29, 1.82) is 0 Å². The first kappa shape index (κ1) is 25.2. The van der Waals surface area contributed by atoms with E-state index < -0.39 is 29.7 Å². The molecular formula is C28H27ClN6O4. The van der Waals surface area contributed by atoms with Gasteiger partial charge in [0.2, 0.25) is 11.8 Å². The van der Waals surface area contributed by atoms with Gasteiger partial charge in [0.1, 0.15) is 6.04 Å². The number of carbonyl (C=O) groups is 4. The Morgan fingerprint density at radius 1 is 1.05 bits per heavy atom. The Labute approximate surface area is 229 Å². The zero-order valence-electron chi connectivity index (χ0n) is 21.1. The quantitative estimate of drug-likeness (QED) is 0.324. The number of halogens is 1. The Kier molecular flexibility index (Phi) is 6.64. The van der Waals surface area contributed by atoms with Gasteiger partial charge in [0.05, 0.1) is 29.1 Å². The monoisotopic (exact) mass is 546 g/mol. The zero-order valence-corrected chi connectivity index (χ0v) is 21.9. The minimum Gasteiger partial charge on any atom is -0.385 e. The zero-order chi connectivity index (χ0) is 27.1. The van der Waals surface area contributed by atoms with Gasteiger partial charge in [-0.3, -0.25) is 39.1 Å². The molecule has 6 rings (SSSR count). The van der Waals surface area contributed by atoms with Gasteiger partial charge in [-0.15, -0.1) is 0 Å². The van der Waals surface area contributed by atoms with E-state index in [9.17, 15) is 19.2 Å². The maximum atomic E-state index is 13.0. The van der Waals surface area contributed by atoms with E-state index in [4.69, 9.17) is 11.6 Å². The molecule has 11 heteroatoms. The van der Waals surface area contributed by atoms with E-state index in [1.165, 1.54) is 0 Å². The molecule has 0 spiro atoms. The average molecular weight is 547 g/mol. The third-order valence-electron chi connectivity index (χ3n) is 7.76. The van der Waals surface area contributed by atoms with E-state index in [0.29, 0.717) is 17.0 Å². The van der Waals surface area contributed by atoms with Crippen LogP contribution in [0.15, 0.2) is 48.9 Å². The minimum atomic E-state index is -0.959. The summed E-state index contributed by atoms with van der Waals surface area (Å²) in [6.07, 6.45) is 10.0. The van der Waals surface area contributed by atoms with E-state index in [-0.39, 0.29) is 24.0 Å². The number of imide groups is 2. The molecular weight excluding hydrogens is 520 g/mol. The molecule has 1 aliphatic carbocycles. The highest BCUT2D eigenvalue weighted by atomic mass is 35.5. The summed E-state index contributed by atoms with van der Waals surface area (Å²) in [5, 5.41) is 10.7. The van der Waals surface area contributed by atoms with Gasteiger partial charge in [0, 0.05) is 41.6 Å². The molecule has 4 amide bonds. The highest BCUT2D eigenvalue weighted by molar-refractivity contribution is 6.30.